The number of amides is 2. The second kappa shape index (κ2) is 10.4. The van der Waals surface area contributed by atoms with Gasteiger partial charge in [0.15, 0.2) is 0 Å². The predicted octanol–water partition coefficient (Wildman–Crippen LogP) is 2.29. The maximum atomic E-state index is 13.4. The minimum absolute atomic E-state index is 0.111. The molecule has 6 heteroatoms. The summed E-state index contributed by atoms with van der Waals surface area (Å²) >= 11 is 0. The van der Waals surface area contributed by atoms with Gasteiger partial charge in [0.05, 0.1) is 12.5 Å². The third kappa shape index (κ3) is 7.19. The molecule has 2 aromatic rings. The highest BCUT2D eigenvalue weighted by atomic mass is 19.1. The maximum Gasteiger partial charge on any atom is 0.224 e. The minimum atomic E-state index is -0.299. The van der Waals surface area contributed by atoms with E-state index in [4.69, 9.17) is 0 Å². The zero-order valence-corrected chi connectivity index (χ0v) is 15.7. The van der Waals surface area contributed by atoms with Crippen LogP contribution in [-0.4, -0.2) is 43.9 Å². The quantitative estimate of drug-likeness (QED) is 0.711. The number of halogens is 1. The molecule has 144 valence electrons. The van der Waals surface area contributed by atoms with E-state index in [0.717, 1.165) is 11.1 Å². The second-order valence-corrected chi connectivity index (χ2v) is 6.60. The van der Waals surface area contributed by atoms with E-state index in [9.17, 15) is 14.0 Å². The van der Waals surface area contributed by atoms with E-state index >= 15 is 0 Å². The lowest BCUT2D eigenvalue weighted by atomic mass is 10.1. The topological polar surface area (TPSA) is 61.4 Å². The number of likely N-dealkylation sites (N-methyl/N-ethyl adjacent to an activating group) is 1. The van der Waals surface area contributed by atoms with E-state index in [2.05, 4.69) is 10.6 Å². The standard InChI is InChI=1S/C21H26FN3O2/c1-25(2)19(17-9-6-10-18(22)14-17)15-24-20(26)11-12-23-21(27)13-16-7-4-3-5-8-16/h3-10,14,19H,11-13,15H2,1-2H3,(H,23,27)(H,24,26). The summed E-state index contributed by atoms with van der Waals surface area (Å²) in [6, 6.07) is 15.7. The fourth-order valence-corrected chi connectivity index (χ4v) is 2.77. The Labute approximate surface area is 159 Å². The number of benzene rings is 2. The second-order valence-electron chi connectivity index (χ2n) is 6.60. The molecule has 0 aliphatic rings. The number of rotatable bonds is 9. The molecule has 0 fully saturated rings. The average Bonchev–Trinajstić information content (AvgIpc) is 2.62. The van der Waals surface area contributed by atoms with Crippen molar-refractivity contribution in [3.63, 3.8) is 0 Å². The molecule has 2 aromatic carbocycles. The summed E-state index contributed by atoms with van der Waals surface area (Å²) in [6.45, 7) is 0.650. The van der Waals surface area contributed by atoms with Gasteiger partial charge in [-0.3, -0.25) is 9.59 Å². The zero-order valence-electron chi connectivity index (χ0n) is 15.7. The fraction of sp³-hybridized carbons (Fsp3) is 0.333. The normalized spacial score (nSPS) is 11.9. The highest BCUT2D eigenvalue weighted by molar-refractivity contribution is 5.80. The Kier molecular flexibility index (Phi) is 7.95. The van der Waals surface area contributed by atoms with Crippen LogP contribution in [0.4, 0.5) is 4.39 Å². The molecule has 2 N–H and O–H groups in total. The van der Waals surface area contributed by atoms with Gasteiger partial charge in [0.1, 0.15) is 5.82 Å². The smallest absolute Gasteiger partial charge is 0.224 e. The Balaban J connectivity index is 1.73. The average molecular weight is 371 g/mol. The Morgan fingerprint density at radius 1 is 1.00 bits per heavy atom. The lowest BCUT2D eigenvalue weighted by Gasteiger charge is -2.25. The molecule has 0 aliphatic heterocycles. The summed E-state index contributed by atoms with van der Waals surface area (Å²) in [5.74, 6) is -0.565. The van der Waals surface area contributed by atoms with Crippen molar-refractivity contribution in [2.45, 2.75) is 18.9 Å². The van der Waals surface area contributed by atoms with Crippen molar-refractivity contribution in [3.8, 4) is 0 Å². The number of nitrogens with one attached hydrogen (secondary N) is 2. The first-order valence-corrected chi connectivity index (χ1v) is 8.95. The van der Waals surface area contributed by atoms with Gasteiger partial charge in [0.2, 0.25) is 11.8 Å². The molecule has 1 unspecified atom stereocenters. The molecular formula is C21H26FN3O2. The van der Waals surface area contributed by atoms with Crippen molar-refractivity contribution in [2.75, 3.05) is 27.2 Å². The van der Waals surface area contributed by atoms with Crippen molar-refractivity contribution >= 4 is 11.8 Å². The van der Waals surface area contributed by atoms with Crippen LogP contribution in [0.25, 0.3) is 0 Å². The van der Waals surface area contributed by atoms with Crippen molar-refractivity contribution < 1.29 is 14.0 Å². The molecule has 0 bridgehead atoms. The number of carbonyl (C=O) groups excluding carboxylic acids is 2. The Morgan fingerprint density at radius 3 is 2.41 bits per heavy atom. The summed E-state index contributed by atoms with van der Waals surface area (Å²) in [5, 5.41) is 5.60. The minimum Gasteiger partial charge on any atom is -0.355 e. The van der Waals surface area contributed by atoms with E-state index in [1.54, 1.807) is 6.07 Å². The lowest BCUT2D eigenvalue weighted by Crippen LogP contribution is -2.36. The highest BCUT2D eigenvalue weighted by Crippen LogP contribution is 2.18. The van der Waals surface area contributed by atoms with Crippen molar-refractivity contribution in [1.82, 2.24) is 15.5 Å². The van der Waals surface area contributed by atoms with E-state index in [1.165, 1.54) is 12.1 Å². The predicted molar refractivity (Wildman–Crippen MR) is 104 cm³/mol. The highest BCUT2D eigenvalue weighted by Gasteiger charge is 2.16. The number of hydrogen-bond donors (Lipinski definition) is 2. The van der Waals surface area contributed by atoms with E-state index < -0.39 is 0 Å². The first-order valence-electron chi connectivity index (χ1n) is 8.95. The SMILES string of the molecule is CN(C)C(CNC(=O)CCNC(=O)Cc1ccccc1)c1cccc(F)c1. The van der Waals surface area contributed by atoms with E-state index in [1.807, 2.05) is 55.4 Å². The third-order valence-electron chi connectivity index (χ3n) is 4.23. The van der Waals surface area contributed by atoms with Crippen LogP contribution in [0.2, 0.25) is 0 Å². The number of hydrogen-bond acceptors (Lipinski definition) is 3. The van der Waals surface area contributed by atoms with E-state index in [-0.39, 0.29) is 36.6 Å². The van der Waals surface area contributed by atoms with Gasteiger partial charge in [0, 0.05) is 19.5 Å². The van der Waals surface area contributed by atoms with Crippen LogP contribution in [0.3, 0.4) is 0 Å². The fourth-order valence-electron chi connectivity index (χ4n) is 2.77. The van der Waals surface area contributed by atoms with Gasteiger partial charge in [-0.15, -0.1) is 0 Å². The molecule has 0 aromatic heterocycles. The molecule has 0 aliphatic carbocycles. The van der Waals surface area contributed by atoms with Crippen molar-refractivity contribution in [3.05, 3.63) is 71.5 Å². The third-order valence-corrected chi connectivity index (χ3v) is 4.23. The Morgan fingerprint density at radius 2 is 1.74 bits per heavy atom. The molecule has 0 saturated heterocycles. The van der Waals surface area contributed by atoms with Gasteiger partial charge in [-0.2, -0.15) is 0 Å². The lowest BCUT2D eigenvalue weighted by molar-refractivity contribution is -0.122. The van der Waals surface area contributed by atoms with Crippen LogP contribution in [-0.2, 0) is 16.0 Å². The van der Waals surface area contributed by atoms with E-state index in [0.29, 0.717) is 13.0 Å². The molecule has 2 rings (SSSR count). The summed E-state index contributed by atoms with van der Waals surface area (Å²) in [4.78, 5) is 25.9. The largest absolute Gasteiger partial charge is 0.355 e. The van der Waals surface area contributed by atoms with Crippen LogP contribution in [0.15, 0.2) is 54.6 Å². The van der Waals surface area contributed by atoms with Crippen LogP contribution >= 0.6 is 0 Å². The van der Waals surface area contributed by atoms with Gasteiger partial charge in [-0.25, -0.2) is 4.39 Å². The molecule has 1 atom stereocenters. The summed E-state index contributed by atoms with van der Waals surface area (Å²) in [6.07, 6.45) is 0.495. The molecule has 0 spiro atoms. The summed E-state index contributed by atoms with van der Waals surface area (Å²) in [7, 11) is 3.76. The molecule has 5 nitrogen and oxygen atoms in total. The molecule has 0 radical (unpaired) electrons. The van der Waals surface area contributed by atoms with Crippen LogP contribution in [0.1, 0.15) is 23.6 Å². The van der Waals surface area contributed by atoms with Crippen LogP contribution in [0, 0.1) is 5.82 Å². The number of nitrogens with zero attached hydrogens (tertiary/aromatic N) is 1. The number of carbonyl (C=O) groups is 2. The molecule has 0 saturated carbocycles. The molecule has 2 amide bonds. The van der Waals surface area contributed by atoms with Gasteiger partial charge < -0.3 is 15.5 Å². The van der Waals surface area contributed by atoms with Crippen molar-refractivity contribution in [1.29, 1.82) is 0 Å². The summed E-state index contributed by atoms with van der Waals surface area (Å²) < 4.78 is 13.4. The Bertz CT molecular complexity index is 750. The maximum absolute atomic E-state index is 13.4. The Hall–Kier alpha value is -2.73. The molecule has 27 heavy (non-hydrogen) atoms. The summed E-state index contributed by atoms with van der Waals surface area (Å²) in [5.41, 5.74) is 1.74. The monoisotopic (exact) mass is 371 g/mol. The van der Waals surface area contributed by atoms with Gasteiger partial charge in [-0.1, -0.05) is 42.5 Å². The first-order chi connectivity index (χ1) is 13.0. The van der Waals surface area contributed by atoms with Gasteiger partial charge in [-0.05, 0) is 37.4 Å². The van der Waals surface area contributed by atoms with Crippen LogP contribution in [0.5, 0.6) is 0 Å². The van der Waals surface area contributed by atoms with Gasteiger partial charge >= 0.3 is 0 Å². The van der Waals surface area contributed by atoms with Crippen molar-refractivity contribution in [2.24, 2.45) is 0 Å². The molecule has 0 heterocycles. The zero-order chi connectivity index (χ0) is 19.6. The first kappa shape index (κ1) is 20.6. The van der Waals surface area contributed by atoms with Gasteiger partial charge in [0.25, 0.3) is 0 Å². The van der Waals surface area contributed by atoms with Crippen LogP contribution < -0.4 is 10.6 Å². The molecular weight excluding hydrogens is 345 g/mol.